The lowest BCUT2D eigenvalue weighted by Crippen LogP contribution is -2.38. The van der Waals surface area contributed by atoms with E-state index in [9.17, 15) is 4.39 Å². The minimum atomic E-state index is -0.187. The number of benzene rings is 1. The number of guanidine groups is 1. The van der Waals surface area contributed by atoms with Crippen LogP contribution in [-0.4, -0.2) is 46.6 Å². The van der Waals surface area contributed by atoms with Gasteiger partial charge < -0.3 is 15.2 Å². The number of nitrogens with one attached hydrogen (secondary N) is 2. The first-order valence-electron chi connectivity index (χ1n) is 10.7. The predicted molar refractivity (Wildman–Crippen MR) is 139 cm³/mol. The number of rotatable bonds is 11. The maximum Gasteiger partial charge on any atom is 0.191 e. The minimum absolute atomic E-state index is 0. The zero-order chi connectivity index (χ0) is 21.9. The predicted octanol–water partition coefficient (Wildman–Crippen LogP) is 4.45. The summed E-state index contributed by atoms with van der Waals surface area (Å²) in [6.07, 6.45) is 4.64. The Morgan fingerprint density at radius 1 is 1.23 bits per heavy atom. The molecule has 1 aromatic carbocycles. The second-order valence-electron chi connectivity index (χ2n) is 7.72. The number of aromatic nitrogens is 3. The van der Waals surface area contributed by atoms with Crippen molar-refractivity contribution < 1.29 is 4.39 Å². The Labute approximate surface area is 207 Å². The summed E-state index contributed by atoms with van der Waals surface area (Å²) in [5.74, 6) is 2.21. The van der Waals surface area contributed by atoms with Crippen molar-refractivity contribution in [2.24, 2.45) is 10.9 Å². The van der Waals surface area contributed by atoms with Crippen LogP contribution in [0.1, 0.15) is 44.1 Å². The first-order valence-corrected chi connectivity index (χ1v) is 11.9. The number of aliphatic imine (C=N–C) groups is 1. The number of thioether (sulfide) groups is 1. The molecule has 0 bridgehead atoms. The van der Waals surface area contributed by atoms with E-state index >= 15 is 0 Å². The van der Waals surface area contributed by atoms with E-state index < -0.39 is 0 Å². The second-order valence-corrected chi connectivity index (χ2v) is 8.49. The summed E-state index contributed by atoms with van der Waals surface area (Å²) in [6, 6.07) is 4.95. The largest absolute Gasteiger partial charge is 0.357 e. The van der Waals surface area contributed by atoms with Crippen LogP contribution in [0.3, 0.4) is 0 Å². The summed E-state index contributed by atoms with van der Waals surface area (Å²) in [7, 11) is 0. The van der Waals surface area contributed by atoms with Crippen LogP contribution >= 0.6 is 35.7 Å². The fourth-order valence-corrected chi connectivity index (χ4v) is 3.75. The van der Waals surface area contributed by atoms with Crippen LogP contribution in [0.15, 0.2) is 28.3 Å². The standard InChI is InChI=1S/C22H35FN6S.HI/c1-6-24-21(26-13-11-18-9-10-19(23)14-17(18)4)25-12-7-8-20-27-28-22(30-5)29(20)15-16(2)3;/h9-10,14,16H,6-8,11-13,15H2,1-5H3,(H2,24,25,26);1H. The van der Waals surface area contributed by atoms with Crippen molar-refractivity contribution in [2.45, 2.75) is 58.7 Å². The topological polar surface area (TPSA) is 67.1 Å². The quantitative estimate of drug-likeness (QED) is 0.139. The molecule has 9 heteroatoms. The van der Waals surface area contributed by atoms with Gasteiger partial charge in [-0.25, -0.2) is 4.39 Å². The lowest BCUT2D eigenvalue weighted by molar-refractivity contribution is 0.477. The fraction of sp³-hybridized carbons (Fsp3) is 0.591. The molecule has 0 radical (unpaired) electrons. The van der Waals surface area contributed by atoms with Gasteiger partial charge in [0.05, 0.1) is 0 Å². The van der Waals surface area contributed by atoms with Crippen molar-refractivity contribution in [1.29, 1.82) is 0 Å². The third-order valence-corrected chi connectivity index (χ3v) is 5.35. The third kappa shape index (κ3) is 9.34. The molecule has 0 saturated carbocycles. The maximum atomic E-state index is 13.2. The molecular weight excluding hydrogens is 526 g/mol. The summed E-state index contributed by atoms with van der Waals surface area (Å²) in [5, 5.41) is 16.3. The molecule has 6 nitrogen and oxygen atoms in total. The van der Waals surface area contributed by atoms with Crippen molar-refractivity contribution in [3.8, 4) is 0 Å². The molecule has 31 heavy (non-hydrogen) atoms. The zero-order valence-electron chi connectivity index (χ0n) is 19.2. The number of hydrogen-bond donors (Lipinski definition) is 2. The summed E-state index contributed by atoms with van der Waals surface area (Å²) in [5.41, 5.74) is 2.13. The fourth-order valence-electron chi connectivity index (χ4n) is 3.23. The van der Waals surface area contributed by atoms with Crippen molar-refractivity contribution in [3.63, 3.8) is 0 Å². The van der Waals surface area contributed by atoms with Crippen molar-refractivity contribution >= 4 is 41.7 Å². The van der Waals surface area contributed by atoms with Crippen LogP contribution in [0.2, 0.25) is 0 Å². The van der Waals surface area contributed by atoms with E-state index in [4.69, 9.17) is 0 Å². The van der Waals surface area contributed by atoms with Gasteiger partial charge in [-0.2, -0.15) is 0 Å². The SMILES string of the molecule is CCNC(=NCCCc1nnc(SC)n1CC(C)C)NCCc1ccc(F)cc1C.I. The van der Waals surface area contributed by atoms with Crippen LogP contribution in [0.4, 0.5) is 4.39 Å². The Bertz CT molecular complexity index is 824. The minimum Gasteiger partial charge on any atom is -0.357 e. The Morgan fingerprint density at radius 3 is 2.65 bits per heavy atom. The highest BCUT2D eigenvalue weighted by Crippen LogP contribution is 2.16. The lowest BCUT2D eigenvalue weighted by atomic mass is 10.1. The van der Waals surface area contributed by atoms with Crippen molar-refractivity contribution in [2.75, 3.05) is 25.9 Å². The van der Waals surface area contributed by atoms with Gasteiger partial charge in [0.2, 0.25) is 0 Å². The van der Waals surface area contributed by atoms with E-state index in [0.717, 1.165) is 67.0 Å². The molecule has 0 aliphatic carbocycles. The van der Waals surface area contributed by atoms with E-state index in [1.54, 1.807) is 17.8 Å². The molecule has 0 aliphatic heterocycles. The van der Waals surface area contributed by atoms with Crippen LogP contribution in [0.5, 0.6) is 0 Å². The monoisotopic (exact) mass is 562 g/mol. The van der Waals surface area contributed by atoms with Crippen LogP contribution in [0, 0.1) is 18.7 Å². The molecular formula is C22H36FIN6S. The van der Waals surface area contributed by atoms with Crippen LogP contribution in [0.25, 0.3) is 0 Å². The number of hydrogen-bond acceptors (Lipinski definition) is 4. The zero-order valence-corrected chi connectivity index (χ0v) is 22.4. The van der Waals surface area contributed by atoms with Gasteiger partial charge in [-0.1, -0.05) is 31.7 Å². The van der Waals surface area contributed by atoms with E-state index in [-0.39, 0.29) is 29.8 Å². The van der Waals surface area contributed by atoms with Gasteiger partial charge >= 0.3 is 0 Å². The Hall–Kier alpha value is -1.36. The smallest absolute Gasteiger partial charge is 0.191 e. The molecule has 0 amide bonds. The van der Waals surface area contributed by atoms with Gasteiger partial charge in [0.1, 0.15) is 11.6 Å². The van der Waals surface area contributed by atoms with E-state index in [1.165, 1.54) is 6.07 Å². The van der Waals surface area contributed by atoms with E-state index in [2.05, 4.69) is 51.2 Å². The Kier molecular flexibility index (Phi) is 13.1. The van der Waals surface area contributed by atoms with Crippen molar-refractivity contribution in [3.05, 3.63) is 41.0 Å². The van der Waals surface area contributed by atoms with Crippen LogP contribution < -0.4 is 10.6 Å². The van der Waals surface area contributed by atoms with Gasteiger partial charge in [0.25, 0.3) is 0 Å². The first kappa shape index (κ1) is 27.7. The molecule has 2 rings (SSSR count). The number of nitrogens with zero attached hydrogens (tertiary/aromatic N) is 4. The van der Waals surface area contributed by atoms with Gasteiger partial charge in [0, 0.05) is 32.6 Å². The highest BCUT2D eigenvalue weighted by molar-refractivity contribution is 14.0. The van der Waals surface area contributed by atoms with Gasteiger partial charge in [-0.15, -0.1) is 34.2 Å². The molecule has 0 aliphatic rings. The van der Waals surface area contributed by atoms with Gasteiger partial charge in [0.15, 0.2) is 11.1 Å². The first-order chi connectivity index (χ1) is 14.4. The molecule has 0 spiro atoms. The maximum absolute atomic E-state index is 13.2. The molecule has 2 N–H and O–H groups in total. The average Bonchev–Trinajstić information content (AvgIpc) is 3.07. The molecule has 0 fully saturated rings. The number of halogens is 2. The summed E-state index contributed by atoms with van der Waals surface area (Å²) < 4.78 is 15.5. The lowest BCUT2D eigenvalue weighted by Gasteiger charge is -2.13. The average molecular weight is 563 g/mol. The molecule has 0 unspecified atom stereocenters. The summed E-state index contributed by atoms with van der Waals surface area (Å²) in [4.78, 5) is 4.69. The normalized spacial score (nSPS) is 11.5. The summed E-state index contributed by atoms with van der Waals surface area (Å²) >= 11 is 1.64. The van der Waals surface area contributed by atoms with Crippen molar-refractivity contribution in [1.82, 2.24) is 25.4 Å². The second kappa shape index (κ2) is 14.7. The molecule has 1 aromatic heterocycles. The molecule has 0 atom stereocenters. The molecule has 0 saturated heterocycles. The van der Waals surface area contributed by atoms with Crippen LogP contribution in [-0.2, 0) is 19.4 Å². The molecule has 174 valence electrons. The van der Waals surface area contributed by atoms with Gasteiger partial charge in [-0.05, 0) is 62.1 Å². The van der Waals surface area contributed by atoms with E-state index in [1.807, 2.05) is 19.2 Å². The van der Waals surface area contributed by atoms with Gasteiger partial charge in [-0.3, -0.25) is 4.99 Å². The number of aryl methyl sites for hydroxylation is 2. The summed E-state index contributed by atoms with van der Waals surface area (Å²) in [6.45, 7) is 11.6. The highest BCUT2D eigenvalue weighted by atomic mass is 127. The highest BCUT2D eigenvalue weighted by Gasteiger charge is 2.12. The molecule has 2 aromatic rings. The van der Waals surface area contributed by atoms with E-state index in [0.29, 0.717) is 12.5 Å². The Balaban J connectivity index is 0.00000480. The molecule has 1 heterocycles. The Morgan fingerprint density at radius 2 is 2.00 bits per heavy atom. The third-order valence-electron chi connectivity index (χ3n) is 4.69.